The lowest BCUT2D eigenvalue weighted by Gasteiger charge is -2.24. The molecule has 1 unspecified atom stereocenters. The van der Waals surface area contributed by atoms with Crippen molar-refractivity contribution >= 4 is 29.3 Å². The molecule has 27 heavy (non-hydrogen) atoms. The first-order chi connectivity index (χ1) is 12.9. The fraction of sp³-hybridized carbons (Fsp3) is 0.579. The van der Waals surface area contributed by atoms with Gasteiger partial charge in [0.2, 0.25) is 0 Å². The molecule has 1 aliphatic heterocycles. The summed E-state index contributed by atoms with van der Waals surface area (Å²) in [5.74, 6) is -0.303. The standard InChI is InChI=1S/C19H25ClN2O5/c1-12(10-26-2)27-16-6-5-14(20)8-15(16)21-18(25)22-9-13-4-3-7-19(13,11-22)17(23)24/h5-6,8,12-13H,3-4,7,9-11H2,1-2H3,(H,21,25)(H,23,24)/t12?,13-,19+/m0/s1. The third kappa shape index (κ3) is 3.99. The van der Waals surface area contributed by atoms with Crippen LogP contribution in [0.15, 0.2) is 18.2 Å². The minimum Gasteiger partial charge on any atom is -0.486 e. The molecule has 1 heterocycles. The number of hydrogen-bond donors (Lipinski definition) is 2. The summed E-state index contributed by atoms with van der Waals surface area (Å²) in [6.07, 6.45) is 2.16. The summed E-state index contributed by atoms with van der Waals surface area (Å²) < 4.78 is 10.9. The quantitative estimate of drug-likeness (QED) is 0.768. The van der Waals surface area contributed by atoms with Gasteiger partial charge in [-0.1, -0.05) is 18.0 Å². The second kappa shape index (κ2) is 7.94. The van der Waals surface area contributed by atoms with Gasteiger partial charge in [0.25, 0.3) is 0 Å². The summed E-state index contributed by atoms with van der Waals surface area (Å²) in [6, 6.07) is 4.67. The second-order valence-electron chi connectivity index (χ2n) is 7.39. The summed E-state index contributed by atoms with van der Waals surface area (Å²) in [5.41, 5.74) is -0.352. The SMILES string of the molecule is COCC(C)Oc1ccc(Cl)cc1NC(=O)N1C[C@@H]2CCC[C@@]2(C(=O)O)C1. The minimum absolute atomic E-state index is 0.0116. The molecule has 1 saturated carbocycles. The molecule has 1 saturated heterocycles. The van der Waals surface area contributed by atoms with Crippen LogP contribution in [-0.2, 0) is 9.53 Å². The molecule has 2 N–H and O–H groups in total. The Hall–Kier alpha value is -1.99. The largest absolute Gasteiger partial charge is 0.486 e. The average molecular weight is 397 g/mol. The highest BCUT2D eigenvalue weighted by Crippen LogP contribution is 2.49. The first-order valence-corrected chi connectivity index (χ1v) is 9.48. The van der Waals surface area contributed by atoms with Crippen LogP contribution in [0.5, 0.6) is 5.75 Å². The number of methoxy groups -OCH3 is 1. The van der Waals surface area contributed by atoms with Crippen molar-refractivity contribution in [3.8, 4) is 5.75 Å². The van der Waals surface area contributed by atoms with Gasteiger partial charge in [0, 0.05) is 25.2 Å². The first-order valence-electron chi connectivity index (χ1n) is 9.10. The van der Waals surface area contributed by atoms with Crippen molar-refractivity contribution < 1.29 is 24.2 Å². The number of carboxylic acid groups (broad SMARTS) is 1. The number of urea groups is 1. The van der Waals surface area contributed by atoms with Crippen LogP contribution in [0.3, 0.4) is 0 Å². The number of hydrogen-bond acceptors (Lipinski definition) is 4. The number of nitrogens with one attached hydrogen (secondary N) is 1. The van der Waals surface area contributed by atoms with E-state index in [1.54, 1.807) is 30.2 Å². The van der Waals surface area contributed by atoms with Crippen LogP contribution in [0.25, 0.3) is 0 Å². The summed E-state index contributed by atoms with van der Waals surface area (Å²) in [6.45, 7) is 2.96. The summed E-state index contributed by atoms with van der Waals surface area (Å²) in [5, 5.41) is 13.0. The molecule has 7 nitrogen and oxygen atoms in total. The fourth-order valence-electron chi connectivity index (χ4n) is 4.18. The average Bonchev–Trinajstić information content (AvgIpc) is 3.16. The summed E-state index contributed by atoms with van der Waals surface area (Å²) in [7, 11) is 1.59. The highest BCUT2D eigenvalue weighted by Gasteiger charge is 2.55. The lowest BCUT2D eigenvalue weighted by atomic mass is 9.81. The van der Waals surface area contributed by atoms with Crippen LogP contribution in [-0.4, -0.2) is 54.9 Å². The number of ether oxygens (including phenoxy) is 2. The van der Waals surface area contributed by atoms with E-state index >= 15 is 0 Å². The zero-order valence-corrected chi connectivity index (χ0v) is 16.3. The van der Waals surface area contributed by atoms with Gasteiger partial charge in [-0.3, -0.25) is 4.79 Å². The van der Waals surface area contributed by atoms with E-state index < -0.39 is 11.4 Å². The second-order valence-corrected chi connectivity index (χ2v) is 7.82. The van der Waals surface area contributed by atoms with Crippen molar-refractivity contribution in [2.24, 2.45) is 11.3 Å². The molecular formula is C19H25ClN2O5. The maximum atomic E-state index is 12.8. The van der Waals surface area contributed by atoms with Gasteiger partial charge < -0.3 is 24.8 Å². The van der Waals surface area contributed by atoms with Gasteiger partial charge >= 0.3 is 12.0 Å². The van der Waals surface area contributed by atoms with Crippen LogP contribution < -0.4 is 10.1 Å². The molecule has 3 atom stereocenters. The molecule has 0 spiro atoms. The first kappa shape index (κ1) is 19.8. The molecule has 2 amide bonds. The van der Waals surface area contributed by atoms with E-state index in [1.807, 2.05) is 6.92 Å². The van der Waals surface area contributed by atoms with Crippen LogP contribution >= 0.6 is 11.6 Å². The summed E-state index contributed by atoms with van der Waals surface area (Å²) >= 11 is 6.08. The Morgan fingerprint density at radius 3 is 2.93 bits per heavy atom. The molecule has 1 aromatic carbocycles. The van der Waals surface area contributed by atoms with Gasteiger partial charge in [-0.25, -0.2) is 4.79 Å². The number of carbonyl (C=O) groups is 2. The molecule has 0 radical (unpaired) electrons. The Bertz CT molecular complexity index is 728. The molecule has 0 bridgehead atoms. The molecular weight excluding hydrogens is 372 g/mol. The number of likely N-dealkylation sites (tertiary alicyclic amines) is 1. The minimum atomic E-state index is -0.808. The maximum absolute atomic E-state index is 12.8. The van der Waals surface area contributed by atoms with Crippen molar-refractivity contribution in [3.63, 3.8) is 0 Å². The molecule has 148 valence electrons. The van der Waals surface area contributed by atoms with Crippen LogP contribution in [0.2, 0.25) is 5.02 Å². The van der Waals surface area contributed by atoms with E-state index in [2.05, 4.69) is 5.32 Å². The normalized spacial score (nSPS) is 25.1. The van der Waals surface area contributed by atoms with Gasteiger partial charge in [-0.15, -0.1) is 0 Å². The van der Waals surface area contributed by atoms with E-state index in [0.29, 0.717) is 36.0 Å². The number of carboxylic acids is 1. The Morgan fingerprint density at radius 2 is 2.26 bits per heavy atom. The van der Waals surface area contributed by atoms with Gasteiger partial charge in [-0.2, -0.15) is 0 Å². The van der Waals surface area contributed by atoms with Crippen molar-refractivity contribution in [3.05, 3.63) is 23.2 Å². The van der Waals surface area contributed by atoms with Crippen LogP contribution in [0, 0.1) is 11.3 Å². The highest BCUT2D eigenvalue weighted by atomic mass is 35.5. The monoisotopic (exact) mass is 396 g/mol. The number of nitrogens with zero attached hydrogens (tertiary/aromatic N) is 1. The van der Waals surface area contributed by atoms with Crippen molar-refractivity contribution in [2.45, 2.75) is 32.3 Å². The van der Waals surface area contributed by atoms with Gasteiger partial charge in [0.1, 0.15) is 11.9 Å². The number of anilines is 1. The Morgan fingerprint density at radius 1 is 1.48 bits per heavy atom. The molecule has 3 rings (SSSR count). The van der Waals surface area contributed by atoms with Crippen molar-refractivity contribution in [1.29, 1.82) is 0 Å². The highest BCUT2D eigenvalue weighted by molar-refractivity contribution is 6.31. The Kier molecular flexibility index (Phi) is 5.81. The Labute approximate surface area is 163 Å². The lowest BCUT2D eigenvalue weighted by Crippen LogP contribution is -2.38. The van der Waals surface area contributed by atoms with Gasteiger partial charge in [0.15, 0.2) is 0 Å². The van der Waals surface area contributed by atoms with E-state index in [-0.39, 0.29) is 24.6 Å². The molecule has 8 heteroatoms. The van der Waals surface area contributed by atoms with Gasteiger partial charge in [0.05, 0.1) is 17.7 Å². The molecule has 0 aromatic heterocycles. The number of fused-ring (bicyclic) bond motifs is 1. The van der Waals surface area contributed by atoms with E-state index in [0.717, 1.165) is 12.8 Å². The van der Waals surface area contributed by atoms with E-state index in [4.69, 9.17) is 21.1 Å². The maximum Gasteiger partial charge on any atom is 0.321 e. The lowest BCUT2D eigenvalue weighted by molar-refractivity contribution is -0.149. The third-order valence-corrected chi connectivity index (χ3v) is 5.73. The zero-order valence-electron chi connectivity index (χ0n) is 15.5. The third-order valence-electron chi connectivity index (χ3n) is 5.50. The topological polar surface area (TPSA) is 88.1 Å². The Balaban J connectivity index is 1.73. The number of benzene rings is 1. The van der Waals surface area contributed by atoms with Crippen molar-refractivity contribution in [1.82, 2.24) is 4.90 Å². The predicted octanol–water partition coefficient (Wildman–Crippen LogP) is 3.47. The fourth-order valence-corrected chi connectivity index (χ4v) is 4.35. The van der Waals surface area contributed by atoms with E-state index in [1.165, 1.54) is 0 Å². The van der Waals surface area contributed by atoms with Gasteiger partial charge in [-0.05, 0) is 43.9 Å². The van der Waals surface area contributed by atoms with E-state index in [9.17, 15) is 14.7 Å². The number of carbonyl (C=O) groups excluding carboxylic acids is 1. The molecule has 1 aliphatic carbocycles. The molecule has 2 fully saturated rings. The van der Waals surface area contributed by atoms with Crippen LogP contribution in [0.1, 0.15) is 26.2 Å². The van der Waals surface area contributed by atoms with Crippen molar-refractivity contribution in [2.75, 3.05) is 32.1 Å². The smallest absolute Gasteiger partial charge is 0.321 e. The molecule has 1 aromatic rings. The number of aliphatic carboxylic acids is 1. The summed E-state index contributed by atoms with van der Waals surface area (Å²) in [4.78, 5) is 26.2. The van der Waals surface area contributed by atoms with Crippen LogP contribution in [0.4, 0.5) is 10.5 Å². The molecule has 2 aliphatic rings. The number of amides is 2. The zero-order chi connectivity index (χ0) is 19.6. The number of halogens is 1. The number of rotatable bonds is 6. The predicted molar refractivity (Wildman–Crippen MR) is 101 cm³/mol.